The zero-order chi connectivity index (χ0) is 28.9. The van der Waals surface area contributed by atoms with E-state index >= 15 is 0 Å². The van der Waals surface area contributed by atoms with Crippen LogP contribution in [-0.4, -0.2) is 36.7 Å². The van der Waals surface area contributed by atoms with Crippen LogP contribution in [0.1, 0.15) is 35.6 Å². The molecule has 0 saturated heterocycles. The number of carboxylic acid groups (broad SMARTS) is 1. The Kier molecular flexibility index (Phi) is 6.42. The van der Waals surface area contributed by atoms with Gasteiger partial charge in [0.2, 0.25) is 5.91 Å². The number of nitrogens with two attached hydrogens (primary N) is 1. The topological polar surface area (TPSA) is 136 Å². The SMILES string of the molecule is CC1(c2cccc(CCC(=O)O)c2)C(=O)Nc2nc(-c3nn(Cc4ccccc4F)c4cc(Cl)ccc34)nc(N)c21. The van der Waals surface area contributed by atoms with Gasteiger partial charge in [0.1, 0.15) is 28.6 Å². The second kappa shape index (κ2) is 9.97. The van der Waals surface area contributed by atoms with E-state index in [2.05, 4.69) is 15.3 Å². The van der Waals surface area contributed by atoms with Crippen molar-refractivity contribution >= 4 is 46.0 Å². The minimum atomic E-state index is -1.20. The van der Waals surface area contributed by atoms with Gasteiger partial charge in [-0.2, -0.15) is 5.10 Å². The van der Waals surface area contributed by atoms with E-state index in [1.807, 2.05) is 12.1 Å². The summed E-state index contributed by atoms with van der Waals surface area (Å²) >= 11 is 6.29. The quantitative estimate of drug-likeness (QED) is 0.245. The van der Waals surface area contributed by atoms with Crippen molar-refractivity contribution in [1.29, 1.82) is 0 Å². The second-order valence-electron chi connectivity index (χ2n) is 10.1. The lowest BCUT2D eigenvalue weighted by molar-refractivity contribution is -0.137. The summed E-state index contributed by atoms with van der Waals surface area (Å²) in [7, 11) is 0. The molecule has 41 heavy (non-hydrogen) atoms. The summed E-state index contributed by atoms with van der Waals surface area (Å²) in [6.07, 6.45) is 0.297. The van der Waals surface area contributed by atoms with Gasteiger partial charge in [0, 0.05) is 22.4 Å². The van der Waals surface area contributed by atoms with Crippen LogP contribution in [0.15, 0.2) is 66.7 Å². The van der Waals surface area contributed by atoms with Crippen LogP contribution in [0.5, 0.6) is 0 Å². The molecule has 206 valence electrons. The van der Waals surface area contributed by atoms with E-state index in [0.717, 1.165) is 5.56 Å². The Morgan fingerprint density at radius 2 is 1.93 bits per heavy atom. The Balaban J connectivity index is 1.44. The molecule has 4 N–H and O–H groups in total. The molecule has 5 aromatic rings. The summed E-state index contributed by atoms with van der Waals surface area (Å²) in [4.78, 5) is 33.7. The lowest BCUT2D eigenvalue weighted by atomic mass is 9.77. The number of amides is 1. The highest BCUT2D eigenvalue weighted by Crippen LogP contribution is 2.45. The molecule has 1 atom stereocenters. The molecule has 2 aromatic heterocycles. The van der Waals surface area contributed by atoms with E-state index in [4.69, 9.17) is 27.5 Å². The van der Waals surface area contributed by atoms with Crippen molar-refractivity contribution in [3.8, 4) is 11.5 Å². The molecule has 0 spiro atoms. The van der Waals surface area contributed by atoms with Crippen LogP contribution >= 0.6 is 11.6 Å². The Labute approximate surface area is 238 Å². The van der Waals surface area contributed by atoms with Crippen molar-refractivity contribution in [1.82, 2.24) is 19.7 Å². The largest absolute Gasteiger partial charge is 0.481 e. The van der Waals surface area contributed by atoms with Gasteiger partial charge >= 0.3 is 5.97 Å². The van der Waals surface area contributed by atoms with Gasteiger partial charge in [0.05, 0.1) is 17.6 Å². The van der Waals surface area contributed by atoms with Crippen LogP contribution in [0, 0.1) is 5.82 Å². The number of hydrogen-bond acceptors (Lipinski definition) is 6. The fourth-order valence-corrected chi connectivity index (χ4v) is 5.47. The zero-order valence-corrected chi connectivity index (χ0v) is 22.6. The summed E-state index contributed by atoms with van der Waals surface area (Å²) in [6, 6.07) is 18.9. The van der Waals surface area contributed by atoms with Crippen LogP contribution in [0.25, 0.3) is 22.4 Å². The van der Waals surface area contributed by atoms with E-state index in [9.17, 15) is 14.0 Å². The third kappa shape index (κ3) is 4.55. The lowest BCUT2D eigenvalue weighted by Crippen LogP contribution is -2.33. The summed E-state index contributed by atoms with van der Waals surface area (Å²) in [6.45, 7) is 1.89. The van der Waals surface area contributed by atoms with Crippen LogP contribution in [-0.2, 0) is 28.0 Å². The van der Waals surface area contributed by atoms with Crippen LogP contribution in [0.4, 0.5) is 16.0 Å². The highest BCUT2D eigenvalue weighted by molar-refractivity contribution is 6.31. The van der Waals surface area contributed by atoms with E-state index < -0.39 is 11.4 Å². The Morgan fingerprint density at radius 3 is 2.71 bits per heavy atom. The predicted octanol–water partition coefficient (Wildman–Crippen LogP) is 5.19. The minimum Gasteiger partial charge on any atom is -0.481 e. The third-order valence-corrected chi connectivity index (χ3v) is 7.69. The molecule has 3 aromatic carbocycles. The normalized spacial score (nSPS) is 16.1. The maximum absolute atomic E-state index is 14.5. The number of anilines is 2. The van der Waals surface area contributed by atoms with Crippen molar-refractivity contribution in [3.63, 3.8) is 0 Å². The first-order valence-electron chi connectivity index (χ1n) is 12.9. The molecule has 11 heteroatoms. The van der Waals surface area contributed by atoms with E-state index in [1.54, 1.807) is 60.1 Å². The van der Waals surface area contributed by atoms with Gasteiger partial charge in [0.15, 0.2) is 5.82 Å². The lowest BCUT2D eigenvalue weighted by Gasteiger charge is -2.24. The molecule has 0 saturated carbocycles. The van der Waals surface area contributed by atoms with E-state index in [-0.39, 0.29) is 42.2 Å². The first-order valence-corrected chi connectivity index (χ1v) is 13.2. The fraction of sp³-hybridized carbons (Fsp3) is 0.167. The van der Waals surface area contributed by atoms with Gasteiger partial charge in [-0.25, -0.2) is 14.4 Å². The number of aryl methyl sites for hydroxylation is 1. The van der Waals surface area contributed by atoms with Crippen molar-refractivity contribution in [2.45, 2.75) is 31.7 Å². The first-order chi connectivity index (χ1) is 19.6. The molecule has 6 rings (SSSR count). The molecule has 0 aliphatic carbocycles. The number of carbonyl (C=O) groups is 2. The molecule has 1 unspecified atom stereocenters. The number of carbonyl (C=O) groups excluding carboxylic acids is 1. The summed E-state index contributed by atoms with van der Waals surface area (Å²) in [5.74, 6) is -1.02. The molecule has 9 nitrogen and oxygen atoms in total. The molecule has 1 aliphatic heterocycles. The number of carboxylic acids is 1. The number of halogens is 2. The third-order valence-electron chi connectivity index (χ3n) is 7.46. The highest BCUT2D eigenvalue weighted by atomic mass is 35.5. The zero-order valence-electron chi connectivity index (χ0n) is 21.9. The number of fused-ring (bicyclic) bond motifs is 2. The molecule has 1 aliphatic rings. The molecule has 1 amide bonds. The average molecular weight is 571 g/mol. The maximum Gasteiger partial charge on any atom is 0.303 e. The Bertz CT molecular complexity index is 1870. The van der Waals surface area contributed by atoms with Crippen molar-refractivity contribution in [3.05, 3.63) is 99.8 Å². The van der Waals surface area contributed by atoms with Crippen molar-refractivity contribution in [2.75, 3.05) is 11.1 Å². The summed E-state index contributed by atoms with van der Waals surface area (Å²) in [5.41, 5.74) is 8.69. The van der Waals surface area contributed by atoms with Crippen molar-refractivity contribution < 1.29 is 19.1 Å². The van der Waals surface area contributed by atoms with E-state index in [1.165, 1.54) is 6.07 Å². The van der Waals surface area contributed by atoms with Gasteiger partial charge in [-0.1, -0.05) is 54.1 Å². The predicted molar refractivity (Wildman–Crippen MR) is 153 cm³/mol. The van der Waals surface area contributed by atoms with Gasteiger partial charge in [0.25, 0.3) is 0 Å². The van der Waals surface area contributed by atoms with Crippen LogP contribution in [0.2, 0.25) is 5.02 Å². The van der Waals surface area contributed by atoms with Gasteiger partial charge in [-0.05, 0) is 48.7 Å². The average Bonchev–Trinajstić information content (AvgIpc) is 3.43. The monoisotopic (exact) mass is 570 g/mol. The smallest absolute Gasteiger partial charge is 0.303 e. The minimum absolute atomic E-state index is 0.0275. The molecule has 0 bridgehead atoms. The maximum atomic E-state index is 14.5. The number of nitrogens with one attached hydrogen (secondary N) is 1. The van der Waals surface area contributed by atoms with Crippen LogP contribution < -0.4 is 11.1 Å². The van der Waals surface area contributed by atoms with E-state index in [0.29, 0.717) is 44.7 Å². The number of nitrogen functional groups attached to an aromatic ring is 1. The molecular formula is C30H24ClFN6O3. The van der Waals surface area contributed by atoms with Gasteiger partial charge in [-0.3, -0.25) is 14.3 Å². The number of hydrogen-bond donors (Lipinski definition) is 3. The molecular weight excluding hydrogens is 547 g/mol. The number of aromatic nitrogens is 4. The standard InChI is InChI=1S/C30H24ClFN6O3/c1-30(18-7-4-5-16(13-18)9-12-23(39)40)24-26(33)34-28(35-27(24)36-29(30)41)25-20-11-10-19(31)14-22(20)38(37-25)15-17-6-2-3-8-21(17)32/h2-8,10-11,13-14H,9,12,15H2,1H3,(H,39,40)(H3,33,34,35,36,41). The van der Waals surface area contributed by atoms with Crippen molar-refractivity contribution in [2.24, 2.45) is 0 Å². The fourth-order valence-electron chi connectivity index (χ4n) is 5.30. The number of aliphatic carboxylic acids is 1. The molecule has 0 radical (unpaired) electrons. The van der Waals surface area contributed by atoms with Gasteiger partial charge in [-0.15, -0.1) is 0 Å². The summed E-state index contributed by atoms with van der Waals surface area (Å²) < 4.78 is 16.1. The number of rotatable bonds is 7. The van der Waals surface area contributed by atoms with Crippen LogP contribution in [0.3, 0.4) is 0 Å². The highest BCUT2D eigenvalue weighted by Gasteiger charge is 2.47. The Hall–Kier alpha value is -4.83. The Morgan fingerprint density at radius 1 is 1.12 bits per heavy atom. The second-order valence-corrected chi connectivity index (χ2v) is 10.5. The molecule has 3 heterocycles. The molecule has 0 fully saturated rings. The number of benzene rings is 3. The summed E-state index contributed by atoms with van der Waals surface area (Å²) in [5, 5.41) is 17.8. The number of nitrogens with zero attached hydrogens (tertiary/aromatic N) is 4. The van der Waals surface area contributed by atoms with Gasteiger partial charge < -0.3 is 16.2 Å². The first kappa shape index (κ1) is 26.4.